The molecule has 3 saturated heterocycles. The van der Waals surface area contributed by atoms with Crippen LogP contribution in [0.3, 0.4) is 0 Å². The standard InChI is InChI=1S/C12H22N2O/c1-3-11(15-6-1)7-14-5-2-4-12(10-14)8-13-9-12/h11,13H,1-10H2. The van der Waals surface area contributed by atoms with Crippen LogP contribution in [0.5, 0.6) is 0 Å². The van der Waals surface area contributed by atoms with Crippen molar-refractivity contribution in [2.45, 2.75) is 31.8 Å². The zero-order valence-electron chi connectivity index (χ0n) is 9.50. The lowest BCUT2D eigenvalue weighted by molar-refractivity contribution is 0.00752. The maximum absolute atomic E-state index is 5.72. The lowest BCUT2D eigenvalue weighted by Crippen LogP contribution is -2.61. The van der Waals surface area contributed by atoms with Crippen LogP contribution in [0.4, 0.5) is 0 Å². The molecule has 1 atom stereocenters. The topological polar surface area (TPSA) is 24.5 Å². The molecule has 0 aromatic heterocycles. The van der Waals surface area contributed by atoms with Gasteiger partial charge in [-0.2, -0.15) is 0 Å². The van der Waals surface area contributed by atoms with Gasteiger partial charge in [-0.05, 0) is 32.2 Å². The van der Waals surface area contributed by atoms with Gasteiger partial charge in [-0.15, -0.1) is 0 Å². The highest BCUT2D eigenvalue weighted by Gasteiger charge is 2.40. The number of hydrogen-bond acceptors (Lipinski definition) is 3. The van der Waals surface area contributed by atoms with Crippen molar-refractivity contribution in [1.29, 1.82) is 0 Å². The lowest BCUT2D eigenvalue weighted by atomic mass is 9.75. The normalized spacial score (nSPS) is 35.6. The van der Waals surface area contributed by atoms with Gasteiger partial charge in [0.25, 0.3) is 0 Å². The summed E-state index contributed by atoms with van der Waals surface area (Å²) in [5.74, 6) is 0. The van der Waals surface area contributed by atoms with Crippen LogP contribution < -0.4 is 5.32 Å². The van der Waals surface area contributed by atoms with Gasteiger partial charge in [0, 0.05) is 38.2 Å². The Hall–Kier alpha value is -0.120. The monoisotopic (exact) mass is 210 g/mol. The molecule has 0 aromatic carbocycles. The molecule has 3 rings (SSSR count). The van der Waals surface area contributed by atoms with E-state index >= 15 is 0 Å². The summed E-state index contributed by atoms with van der Waals surface area (Å²) in [7, 11) is 0. The minimum Gasteiger partial charge on any atom is -0.377 e. The summed E-state index contributed by atoms with van der Waals surface area (Å²) in [4.78, 5) is 2.64. The molecule has 3 aliphatic heterocycles. The third-order valence-electron chi connectivity index (χ3n) is 4.23. The molecule has 3 fully saturated rings. The van der Waals surface area contributed by atoms with E-state index < -0.39 is 0 Å². The third-order valence-corrected chi connectivity index (χ3v) is 4.23. The van der Waals surface area contributed by atoms with E-state index in [4.69, 9.17) is 4.74 Å². The highest BCUT2D eigenvalue weighted by molar-refractivity contribution is 4.97. The van der Waals surface area contributed by atoms with Crippen molar-refractivity contribution in [3.8, 4) is 0 Å². The molecule has 0 aromatic rings. The Balaban J connectivity index is 1.52. The van der Waals surface area contributed by atoms with E-state index in [9.17, 15) is 0 Å². The molecule has 1 unspecified atom stereocenters. The van der Waals surface area contributed by atoms with Crippen molar-refractivity contribution in [2.75, 3.05) is 39.3 Å². The van der Waals surface area contributed by atoms with Gasteiger partial charge in [-0.25, -0.2) is 0 Å². The molecule has 15 heavy (non-hydrogen) atoms. The Bertz CT molecular complexity index is 222. The second kappa shape index (κ2) is 4.04. The average molecular weight is 210 g/mol. The third kappa shape index (κ3) is 2.05. The number of hydrogen-bond donors (Lipinski definition) is 1. The van der Waals surface area contributed by atoms with Gasteiger partial charge in [0.2, 0.25) is 0 Å². The second-order valence-corrected chi connectivity index (χ2v) is 5.58. The largest absolute Gasteiger partial charge is 0.377 e. The Morgan fingerprint density at radius 3 is 2.93 bits per heavy atom. The fourth-order valence-corrected chi connectivity index (χ4v) is 3.31. The van der Waals surface area contributed by atoms with E-state index in [0.717, 1.165) is 6.61 Å². The smallest absolute Gasteiger partial charge is 0.0702 e. The van der Waals surface area contributed by atoms with E-state index in [1.54, 1.807) is 0 Å². The summed E-state index contributed by atoms with van der Waals surface area (Å²) in [6, 6.07) is 0. The Kier molecular flexibility index (Phi) is 2.71. The summed E-state index contributed by atoms with van der Waals surface area (Å²) < 4.78 is 5.72. The van der Waals surface area contributed by atoms with Crippen molar-refractivity contribution in [2.24, 2.45) is 5.41 Å². The number of rotatable bonds is 2. The van der Waals surface area contributed by atoms with Gasteiger partial charge in [0.1, 0.15) is 0 Å². The quantitative estimate of drug-likeness (QED) is 0.731. The van der Waals surface area contributed by atoms with E-state index in [-0.39, 0.29) is 0 Å². The number of nitrogens with one attached hydrogen (secondary N) is 1. The first-order valence-electron chi connectivity index (χ1n) is 6.41. The minimum atomic E-state index is 0.535. The van der Waals surface area contributed by atoms with Crippen LogP contribution in [0.1, 0.15) is 25.7 Å². The molecular weight excluding hydrogens is 188 g/mol. The van der Waals surface area contributed by atoms with Crippen molar-refractivity contribution < 1.29 is 4.74 Å². The Morgan fingerprint density at radius 2 is 2.27 bits per heavy atom. The molecule has 1 spiro atoms. The first kappa shape index (κ1) is 10.1. The number of nitrogens with zero attached hydrogens (tertiary/aromatic N) is 1. The van der Waals surface area contributed by atoms with Crippen molar-refractivity contribution >= 4 is 0 Å². The summed E-state index contributed by atoms with van der Waals surface area (Å²) in [5, 5.41) is 3.43. The fourth-order valence-electron chi connectivity index (χ4n) is 3.31. The highest BCUT2D eigenvalue weighted by Crippen LogP contribution is 2.33. The molecule has 1 N–H and O–H groups in total. The molecule has 0 amide bonds. The van der Waals surface area contributed by atoms with Gasteiger partial charge in [-0.3, -0.25) is 0 Å². The van der Waals surface area contributed by atoms with Crippen LogP contribution in [0.15, 0.2) is 0 Å². The maximum atomic E-state index is 5.72. The van der Waals surface area contributed by atoms with Crippen molar-refractivity contribution in [3.63, 3.8) is 0 Å². The van der Waals surface area contributed by atoms with Crippen LogP contribution in [-0.2, 0) is 4.74 Å². The molecule has 3 aliphatic rings. The molecule has 86 valence electrons. The van der Waals surface area contributed by atoms with Gasteiger partial charge in [0.05, 0.1) is 6.10 Å². The summed E-state index contributed by atoms with van der Waals surface area (Å²) >= 11 is 0. The lowest BCUT2D eigenvalue weighted by Gasteiger charge is -2.49. The van der Waals surface area contributed by atoms with Gasteiger partial charge in [-0.1, -0.05) is 0 Å². The zero-order valence-corrected chi connectivity index (χ0v) is 9.50. The number of ether oxygens (including phenoxy) is 1. The second-order valence-electron chi connectivity index (χ2n) is 5.58. The van der Waals surface area contributed by atoms with Crippen LogP contribution in [0, 0.1) is 5.41 Å². The Morgan fingerprint density at radius 1 is 1.33 bits per heavy atom. The molecule has 0 saturated carbocycles. The highest BCUT2D eigenvalue weighted by atomic mass is 16.5. The van der Waals surface area contributed by atoms with E-state index in [1.165, 1.54) is 58.4 Å². The molecule has 3 heteroatoms. The summed E-state index contributed by atoms with van der Waals surface area (Å²) in [6.07, 6.45) is 5.90. The SMILES string of the molecule is C1COC(CN2CCCC3(CNC3)C2)C1. The van der Waals surface area contributed by atoms with Crippen LogP contribution in [-0.4, -0.2) is 50.3 Å². The zero-order chi connectivity index (χ0) is 10.1. The molecule has 3 heterocycles. The molecule has 3 nitrogen and oxygen atoms in total. The summed E-state index contributed by atoms with van der Waals surface area (Å²) in [6.45, 7) is 7.26. The Labute approximate surface area is 92.2 Å². The minimum absolute atomic E-state index is 0.535. The number of piperidine rings is 1. The van der Waals surface area contributed by atoms with Crippen LogP contribution in [0.2, 0.25) is 0 Å². The average Bonchev–Trinajstić information content (AvgIpc) is 2.69. The summed E-state index contributed by atoms with van der Waals surface area (Å²) in [5.41, 5.74) is 0.636. The molecule has 0 radical (unpaired) electrons. The number of likely N-dealkylation sites (tertiary alicyclic amines) is 1. The molecule has 0 bridgehead atoms. The maximum Gasteiger partial charge on any atom is 0.0702 e. The molecule has 0 aliphatic carbocycles. The predicted molar refractivity (Wildman–Crippen MR) is 60.0 cm³/mol. The van der Waals surface area contributed by atoms with Crippen molar-refractivity contribution in [3.05, 3.63) is 0 Å². The molecular formula is C12H22N2O. The van der Waals surface area contributed by atoms with Gasteiger partial charge < -0.3 is 15.0 Å². The van der Waals surface area contributed by atoms with E-state index in [2.05, 4.69) is 10.2 Å². The van der Waals surface area contributed by atoms with Crippen molar-refractivity contribution in [1.82, 2.24) is 10.2 Å². The predicted octanol–water partition coefficient (Wildman–Crippen LogP) is 0.851. The first-order chi connectivity index (χ1) is 7.36. The first-order valence-corrected chi connectivity index (χ1v) is 6.41. The van der Waals surface area contributed by atoms with Crippen LogP contribution in [0.25, 0.3) is 0 Å². The fraction of sp³-hybridized carbons (Fsp3) is 1.00. The van der Waals surface area contributed by atoms with Gasteiger partial charge in [0.15, 0.2) is 0 Å². The van der Waals surface area contributed by atoms with E-state index in [0.29, 0.717) is 11.5 Å². The van der Waals surface area contributed by atoms with E-state index in [1.807, 2.05) is 0 Å². The van der Waals surface area contributed by atoms with Gasteiger partial charge >= 0.3 is 0 Å². The van der Waals surface area contributed by atoms with Crippen LogP contribution >= 0.6 is 0 Å².